The largest absolute Gasteiger partial charge is 0.349 e. The number of Topliss-reactive ketones (excluding diaryl/α,β-unsaturated/α-hetero) is 1. The van der Waals surface area contributed by atoms with Gasteiger partial charge in [-0.25, -0.2) is 4.39 Å². The minimum atomic E-state index is -0.875. The number of nitrogens with zero attached hydrogens (tertiary/aromatic N) is 1. The molecule has 0 radical (unpaired) electrons. The maximum atomic E-state index is 13.0. The summed E-state index contributed by atoms with van der Waals surface area (Å²) < 4.78 is 14.4. The molecule has 6 heteroatoms. The molecule has 0 aliphatic heterocycles. The molecule has 1 heterocycles. The predicted octanol–water partition coefficient (Wildman–Crippen LogP) is 3.28. The van der Waals surface area contributed by atoms with Crippen LogP contribution < -0.4 is 10.9 Å². The van der Waals surface area contributed by atoms with Crippen LogP contribution in [0.15, 0.2) is 47.4 Å². The van der Waals surface area contributed by atoms with Gasteiger partial charge in [-0.2, -0.15) is 0 Å². The van der Waals surface area contributed by atoms with E-state index in [2.05, 4.69) is 5.32 Å². The van der Waals surface area contributed by atoms with Crippen molar-refractivity contribution in [2.75, 3.05) is 0 Å². The van der Waals surface area contributed by atoms with Crippen LogP contribution in [0.4, 0.5) is 4.39 Å². The summed E-state index contributed by atoms with van der Waals surface area (Å²) in [6.45, 7) is 3.52. The summed E-state index contributed by atoms with van der Waals surface area (Å²) in [5.41, 5.74) is 0.718. The molecule has 0 unspecified atom stereocenters. The van der Waals surface area contributed by atoms with E-state index in [-0.39, 0.29) is 35.4 Å². The summed E-state index contributed by atoms with van der Waals surface area (Å²) in [6, 6.07) is 10.2. The molecule has 27 heavy (non-hydrogen) atoms. The Morgan fingerprint density at radius 2 is 1.93 bits per heavy atom. The van der Waals surface area contributed by atoms with Gasteiger partial charge >= 0.3 is 0 Å². The summed E-state index contributed by atoms with van der Waals surface area (Å²) in [5, 5.41) is 2.77. The molecule has 0 bridgehead atoms. The van der Waals surface area contributed by atoms with E-state index in [1.54, 1.807) is 6.92 Å². The van der Waals surface area contributed by atoms with Crippen molar-refractivity contribution in [1.82, 2.24) is 9.88 Å². The highest BCUT2D eigenvalue weighted by molar-refractivity contribution is 6.00. The number of pyridine rings is 1. The number of aromatic nitrogens is 1. The Kier molecular flexibility index (Phi) is 5.54. The molecule has 1 aliphatic carbocycles. The van der Waals surface area contributed by atoms with Crippen molar-refractivity contribution in [3.63, 3.8) is 0 Å². The zero-order valence-corrected chi connectivity index (χ0v) is 15.4. The van der Waals surface area contributed by atoms with Gasteiger partial charge in [0.15, 0.2) is 5.78 Å². The first-order valence-corrected chi connectivity index (χ1v) is 9.20. The SMILES string of the molecule is CCC(=O)c1cc(C(=O)NC2CC(F)C2)cn([C@H](C)c2ccccc2)c1=O. The second-order valence-electron chi connectivity index (χ2n) is 6.96. The molecule has 142 valence electrons. The van der Waals surface area contributed by atoms with Crippen LogP contribution in [-0.2, 0) is 0 Å². The van der Waals surface area contributed by atoms with Gasteiger partial charge in [-0.05, 0) is 31.4 Å². The summed E-state index contributed by atoms with van der Waals surface area (Å²) in [5.74, 6) is -0.706. The molecular formula is C21H23FN2O3. The van der Waals surface area contributed by atoms with Crippen LogP contribution in [0.1, 0.15) is 65.4 Å². The monoisotopic (exact) mass is 370 g/mol. The van der Waals surface area contributed by atoms with Crippen LogP contribution in [0.5, 0.6) is 0 Å². The normalized spacial score (nSPS) is 19.8. The third kappa shape index (κ3) is 3.99. The van der Waals surface area contributed by atoms with Crippen LogP contribution >= 0.6 is 0 Å². The smallest absolute Gasteiger partial charge is 0.262 e. The molecule has 1 aromatic heterocycles. The van der Waals surface area contributed by atoms with E-state index in [0.29, 0.717) is 12.8 Å². The van der Waals surface area contributed by atoms with E-state index in [1.165, 1.54) is 16.8 Å². The quantitative estimate of drug-likeness (QED) is 0.794. The minimum Gasteiger partial charge on any atom is -0.349 e. The molecule has 5 nitrogen and oxygen atoms in total. The van der Waals surface area contributed by atoms with E-state index in [1.807, 2.05) is 37.3 Å². The summed E-state index contributed by atoms with van der Waals surface area (Å²) >= 11 is 0. The topological polar surface area (TPSA) is 68.2 Å². The van der Waals surface area contributed by atoms with Gasteiger partial charge in [-0.3, -0.25) is 14.4 Å². The Morgan fingerprint density at radius 3 is 2.52 bits per heavy atom. The lowest BCUT2D eigenvalue weighted by Crippen LogP contribution is -2.45. The zero-order valence-electron chi connectivity index (χ0n) is 15.4. The highest BCUT2D eigenvalue weighted by atomic mass is 19.1. The number of carbonyl (C=O) groups is 2. The van der Waals surface area contributed by atoms with Gasteiger partial charge in [0, 0.05) is 18.7 Å². The average Bonchev–Trinajstić information content (AvgIpc) is 2.66. The Hall–Kier alpha value is -2.76. The maximum absolute atomic E-state index is 13.0. The van der Waals surface area contributed by atoms with E-state index >= 15 is 0 Å². The fraction of sp³-hybridized carbons (Fsp3) is 0.381. The van der Waals surface area contributed by atoms with Gasteiger partial charge in [0.25, 0.3) is 11.5 Å². The number of ketones is 1. The van der Waals surface area contributed by atoms with E-state index in [4.69, 9.17) is 0 Å². The Labute approximate surface area is 157 Å². The van der Waals surface area contributed by atoms with E-state index in [0.717, 1.165) is 5.56 Å². The van der Waals surface area contributed by atoms with Crippen molar-refractivity contribution >= 4 is 11.7 Å². The summed E-state index contributed by atoms with van der Waals surface area (Å²) in [7, 11) is 0. The molecule has 1 aromatic carbocycles. The first kappa shape index (κ1) is 19.0. The van der Waals surface area contributed by atoms with Gasteiger partial charge in [0.2, 0.25) is 0 Å². The molecule has 1 amide bonds. The first-order chi connectivity index (χ1) is 12.9. The lowest BCUT2D eigenvalue weighted by molar-refractivity contribution is 0.0859. The molecule has 3 rings (SSSR count). The molecule has 1 fully saturated rings. The van der Waals surface area contributed by atoms with Gasteiger partial charge in [0.1, 0.15) is 6.17 Å². The molecule has 0 spiro atoms. The summed E-state index contributed by atoms with van der Waals surface area (Å²) in [6.07, 6.45) is 1.37. The highest BCUT2D eigenvalue weighted by Gasteiger charge is 2.30. The zero-order chi connectivity index (χ0) is 19.6. The van der Waals surface area contributed by atoms with E-state index < -0.39 is 17.6 Å². The average molecular weight is 370 g/mol. The number of benzene rings is 1. The Bertz CT molecular complexity index is 901. The number of hydrogen-bond donors (Lipinski definition) is 1. The van der Waals surface area contributed by atoms with Gasteiger partial charge in [0.05, 0.1) is 17.2 Å². The number of hydrogen-bond acceptors (Lipinski definition) is 3. The Morgan fingerprint density at radius 1 is 1.26 bits per heavy atom. The minimum absolute atomic E-state index is 0.00455. The lowest BCUT2D eigenvalue weighted by Gasteiger charge is -2.30. The second-order valence-corrected chi connectivity index (χ2v) is 6.96. The fourth-order valence-corrected chi connectivity index (χ4v) is 3.23. The number of amides is 1. The number of carbonyl (C=O) groups excluding carboxylic acids is 2. The van der Waals surface area contributed by atoms with Crippen molar-refractivity contribution in [2.45, 2.75) is 51.4 Å². The molecule has 1 saturated carbocycles. The molecular weight excluding hydrogens is 347 g/mol. The first-order valence-electron chi connectivity index (χ1n) is 9.20. The third-order valence-corrected chi connectivity index (χ3v) is 5.04. The maximum Gasteiger partial charge on any atom is 0.262 e. The molecule has 0 saturated heterocycles. The second kappa shape index (κ2) is 7.86. The fourth-order valence-electron chi connectivity index (χ4n) is 3.23. The van der Waals surface area contributed by atoms with Gasteiger partial charge < -0.3 is 9.88 Å². The van der Waals surface area contributed by atoms with Crippen molar-refractivity contribution in [3.8, 4) is 0 Å². The number of halogens is 1. The van der Waals surface area contributed by atoms with E-state index in [9.17, 15) is 18.8 Å². The standard InChI is InChI=1S/C21H23FN2O3/c1-3-19(25)18-9-15(20(26)23-17-10-16(22)11-17)12-24(21(18)27)13(2)14-7-5-4-6-8-14/h4-9,12-13,16-17H,3,10-11H2,1-2H3,(H,23,26)/t13-,16?,17?/m1/s1. The number of rotatable bonds is 6. The molecule has 2 aromatic rings. The van der Waals surface area contributed by atoms with Gasteiger partial charge in [-0.15, -0.1) is 0 Å². The van der Waals surface area contributed by atoms with Crippen LogP contribution in [-0.4, -0.2) is 28.5 Å². The van der Waals surface area contributed by atoms with Crippen LogP contribution in [0, 0.1) is 0 Å². The van der Waals surface area contributed by atoms with Crippen LogP contribution in [0.2, 0.25) is 0 Å². The molecule has 1 aliphatic rings. The number of nitrogens with one attached hydrogen (secondary N) is 1. The lowest BCUT2D eigenvalue weighted by atomic mass is 9.90. The Balaban J connectivity index is 2.00. The summed E-state index contributed by atoms with van der Waals surface area (Å²) in [4.78, 5) is 37.7. The third-order valence-electron chi connectivity index (χ3n) is 5.04. The van der Waals surface area contributed by atoms with Crippen molar-refractivity contribution < 1.29 is 14.0 Å². The van der Waals surface area contributed by atoms with Gasteiger partial charge in [-0.1, -0.05) is 37.3 Å². The van der Waals surface area contributed by atoms with Crippen LogP contribution in [0.25, 0.3) is 0 Å². The van der Waals surface area contributed by atoms with Crippen molar-refractivity contribution in [3.05, 3.63) is 69.6 Å². The van der Waals surface area contributed by atoms with Crippen LogP contribution in [0.3, 0.4) is 0 Å². The predicted molar refractivity (Wildman–Crippen MR) is 101 cm³/mol. The van der Waals surface area contributed by atoms with Crippen molar-refractivity contribution in [2.24, 2.45) is 0 Å². The van der Waals surface area contributed by atoms with Crippen molar-refractivity contribution in [1.29, 1.82) is 0 Å². The molecule has 1 N–H and O–H groups in total. The number of alkyl halides is 1. The molecule has 1 atom stereocenters. The highest BCUT2D eigenvalue weighted by Crippen LogP contribution is 2.23.